The minimum atomic E-state index is -0.516. The molecule has 30 heavy (non-hydrogen) atoms. The number of halogens is 1. The number of aromatic nitrogens is 1. The summed E-state index contributed by atoms with van der Waals surface area (Å²) in [7, 11) is 1.64. The van der Waals surface area contributed by atoms with Crippen molar-refractivity contribution in [1.82, 2.24) is 15.2 Å². The van der Waals surface area contributed by atoms with Crippen molar-refractivity contribution in [2.45, 2.75) is 12.5 Å². The van der Waals surface area contributed by atoms with E-state index in [1.54, 1.807) is 13.3 Å². The average molecular weight is 424 g/mol. The van der Waals surface area contributed by atoms with Crippen molar-refractivity contribution in [2.24, 2.45) is 0 Å². The summed E-state index contributed by atoms with van der Waals surface area (Å²) < 4.78 is 11.7. The van der Waals surface area contributed by atoms with E-state index in [9.17, 15) is 4.79 Å². The molecule has 1 N–H and O–H groups in total. The van der Waals surface area contributed by atoms with Crippen LogP contribution in [0, 0.1) is 0 Å². The van der Waals surface area contributed by atoms with Gasteiger partial charge in [-0.05, 0) is 42.0 Å². The van der Waals surface area contributed by atoms with Gasteiger partial charge in [0.15, 0.2) is 6.10 Å². The maximum absolute atomic E-state index is 13.0. The molecule has 154 valence electrons. The number of ether oxygens (including phenoxy) is 2. The van der Waals surface area contributed by atoms with Gasteiger partial charge in [0.05, 0.1) is 12.6 Å². The molecule has 0 radical (unpaired) electrons. The van der Waals surface area contributed by atoms with Gasteiger partial charge in [-0.15, -0.1) is 0 Å². The Balaban J connectivity index is 1.56. The van der Waals surface area contributed by atoms with Crippen molar-refractivity contribution >= 4 is 28.4 Å². The summed E-state index contributed by atoms with van der Waals surface area (Å²) in [6.07, 6.45) is 1.78. The first-order valence-corrected chi connectivity index (χ1v) is 10.4. The second-order valence-electron chi connectivity index (χ2n) is 7.57. The number of nitrogens with one attached hydrogen (secondary N) is 1. The van der Waals surface area contributed by atoms with Crippen LogP contribution in [-0.4, -0.2) is 55.2 Å². The van der Waals surface area contributed by atoms with E-state index in [4.69, 9.17) is 21.1 Å². The van der Waals surface area contributed by atoms with Crippen LogP contribution in [0.15, 0.2) is 42.6 Å². The minimum absolute atomic E-state index is 0.0380. The molecular weight excluding hydrogens is 402 g/mol. The van der Waals surface area contributed by atoms with E-state index >= 15 is 0 Å². The highest BCUT2D eigenvalue weighted by Gasteiger charge is 2.35. The molecule has 0 spiro atoms. The maximum atomic E-state index is 13.0. The maximum Gasteiger partial charge on any atom is 0.264 e. The molecule has 7 heteroatoms. The smallest absolute Gasteiger partial charge is 0.264 e. The third-order valence-corrected chi connectivity index (χ3v) is 5.96. The molecule has 2 aliphatic rings. The lowest BCUT2D eigenvalue weighted by molar-refractivity contribution is -0.138. The molecule has 2 aromatic carbocycles. The number of hydrogen-bond acceptors (Lipinski definition) is 5. The van der Waals surface area contributed by atoms with Gasteiger partial charge in [0.25, 0.3) is 5.91 Å². The molecule has 1 saturated heterocycles. The summed E-state index contributed by atoms with van der Waals surface area (Å²) in [4.78, 5) is 19.4. The van der Waals surface area contributed by atoms with Crippen molar-refractivity contribution in [1.29, 1.82) is 0 Å². The standard InChI is InChI=1S/C23H22ClN3O3/c1-29-16-2-3-20-18(13-16)17(4-5-26-20)19-12-15(24)10-14-11-21(30-22(14)19)23(28)27-8-6-25-7-9-27/h2-5,10,12-13,21,25H,6-9,11H2,1H3/t21-/m0/s1. The highest BCUT2D eigenvalue weighted by atomic mass is 35.5. The van der Waals surface area contributed by atoms with Gasteiger partial charge in [-0.2, -0.15) is 0 Å². The Hall–Kier alpha value is -2.83. The van der Waals surface area contributed by atoms with E-state index < -0.39 is 6.10 Å². The fraction of sp³-hybridized carbons (Fsp3) is 0.304. The van der Waals surface area contributed by atoms with Crippen molar-refractivity contribution in [2.75, 3.05) is 33.3 Å². The largest absolute Gasteiger partial charge is 0.497 e. The number of methoxy groups -OCH3 is 1. The molecule has 1 fully saturated rings. The summed E-state index contributed by atoms with van der Waals surface area (Å²) >= 11 is 6.46. The van der Waals surface area contributed by atoms with E-state index in [-0.39, 0.29) is 5.91 Å². The Morgan fingerprint density at radius 1 is 1.20 bits per heavy atom. The van der Waals surface area contributed by atoms with Crippen LogP contribution >= 0.6 is 11.6 Å². The molecule has 2 aliphatic heterocycles. The Bertz CT molecular complexity index is 1130. The van der Waals surface area contributed by atoms with Crippen LogP contribution in [0.3, 0.4) is 0 Å². The first-order chi connectivity index (χ1) is 14.6. The van der Waals surface area contributed by atoms with Gasteiger partial charge in [0.2, 0.25) is 0 Å². The predicted octanol–water partition coefficient (Wildman–Crippen LogP) is 3.30. The van der Waals surface area contributed by atoms with E-state index in [0.29, 0.717) is 24.5 Å². The molecule has 1 amide bonds. The number of carbonyl (C=O) groups excluding carboxylic acids is 1. The van der Waals surface area contributed by atoms with Gasteiger partial charge in [0.1, 0.15) is 11.5 Å². The zero-order chi connectivity index (χ0) is 20.7. The molecule has 3 aromatic rings. The number of benzene rings is 2. The number of pyridine rings is 1. The quantitative estimate of drug-likeness (QED) is 0.700. The third kappa shape index (κ3) is 3.36. The number of nitrogens with zero attached hydrogens (tertiary/aromatic N) is 2. The van der Waals surface area contributed by atoms with Crippen LogP contribution < -0.4 is 14.8 Å². The molecule has 0 unspecified atom stereocenters. The van der Waals surface area contributed by atoms with Gasteiger partial charge >= 0.3 is 0 Å². The number of rotatable bonds is 3. The average Bonchev–Trinajstić information content (AvgIpc) is 3.21. The Kier molecular flexibility index (Phi) is 4.97. The lowest BCUT2D eigenvalue weighted by Crippen LogP contribution is -2.50. The first-order valence-electron chi connectivity index (χ1n) is 10.1. The van der Waals surface area contributed by atoms with Crippen LogP contribution in [-0.2, 0) is 11.2 Å². The van der Waals surface area contributed by atoms with Gasteiger partial charge < -0.3 is 19.7 Å². The monoisotopic (exact) mass is 423 g/mol. The zero-order valence-electron chi connectivity index (χ0n) is 16.7. The van der Waals surface area contributed by atoms with Gasteiger partial charge in [-0.25, -0.2) is 0 Å². The second-order valence-corrected chi connectivity index (χ2v) is 8.01. The SMILES string of the molecule is COc1ccc2nccc(-c3cc(Cl)cc4c3O[C@H](C(=O)N3CCNCC3)C4)c2c1. The Morgan fingerprint density at radius 3 is 2.83 bits per heavy atom. The number of piperazine rings is 1. The second kappa shape index (κ2) is 7.78. The van der Waals surface area contributed by atoms with Crippen molar-refractivity contribution < 1.29 is 14.3 Å². The molecule has 0 aliphatic carbocycles. The molecule has 5 rings (SSSR count). The Labute approximate surface area is 179 Å². The van der Waals surface area contributed by atoms with Gasteiger partial charge in [0, 0.05) is 60.3 Å². The van der Waals surface area contributed by atoms with E-state index in [2.05, 4.69) is 10.3 Å². The normalized spacial score (nSPS) is 18.2. The molecule has 1 atom stereocenters. The van der Waals surface area contributed by atoms with Crippen LogP contribution in [0.25, 0.3) is 22.0 Å². The van der Waals surface area contributed by atoms with E-state index in [1.165, 1.54) is 0 Å². The highest BCUT2D eigenvalue weighted by molar-refractivity contribution is 6.31. The number of carbonyl (C=O) groups is 1. The molecular formula is C23H22ClN3O3. The van der Waals surface area contributed by atoms with Crippen molar-refractivity contribution in [3.8, 4) is 22.6 Å². The van der Waals surface area contributed by atoms with E-state index in [0.717, 1.165) is 52.2 Å². The summed E-state index contributed by atoms with van der Waals surface area (Å²) in [5.41, 5.74) is 3.63. The third-order valence-electron chi connectivity index (χ3n) is 5.74. The van der Waals surface area contributed by atoms with Crippen LogP contribution in [0.4, 0.5) is 0 Å². The number of amides is 1. The molecule has 0 saturated carbocycles. The molecule has 6 nitrogen and oxygen atoms in total. The highest BCUT2D eigenvalue weighted by Crippen LogP contribution is 2.43. The van der Waals surface area contributed by atoms with Gasteiger partial charge in [-0.1, -0.05) is 11.6 Å². The molecule has 1 aromatic heterocycles. The molecule has 3 heterocycles. The lowest BCUT2D eigenvalue weighted by Gasteiger charge is -2.29. The van der Waals surface area contributed by atoms with Crippen LogP contribution in [0.5, 0.6) is 11.5 Å². The number of hydrogen-bond donors (Lipinski definition) is 1. The molecule has 0 bridgehead atoms. The van der Waals surface area contributed by atoms with E-state index in [1.807, 2.05) is 41.3 Å². The summed E-state index contributed by atoms with van der Waals surface area (Å²) in [6.45, 7) is 3.04. The van der Waals surface area contributed by atoms with Crippen molar-refractivity contribution in [3.63, 3.8) is 0 Å². The summed E-state index contributed by atoms with van der Waals surface area (Å²) in [5, 5.41) is 4.84. The minimum Gasteiger partial charge on any atom is -0.497 e. The summed E-state index contributed by atoms with van der Waals surface area (Å²) in [5.74, 6) is 1.52. The lowest BCUT2D eigenvalue weighted by atomic mass is 9.97. The fourth-order valence-electron chi connectivity index (χ4n) is 4.24. The summed E-state index contributed by atoms with van der Waals surface area (Å²) in [6, 6.07) is 11.5. The van der Waals surface area contributed by atoms with Crippen LogP contribution in [0.2, 0.25) is 5.02 Å². The predicted molar refractivity (Wildman–Crippen MR) is 116 cm³/mol. The first kappa shape index (κ1) is 19.2. The van der Waals surface area contributed by atoms with Crippen LogP contribution in [0.1, 0.15) is 5.56 Å². The zero-order valence-corrected chi connectivity index (χ0v) is 17.4. The van der Waals surface area contributed by atoms with Crippen molar-refractivity contribution in [3.05, 3.63) is 53.2 Å². The van der Waals surface area contributed by atoms with Gasteiger partial charge in [-0.3, -0.25) is 9.78 Å². The number of fused-ring (bicyclic) bond motifs is 2. The fourth-order valence-corrected chi connectivity index (χ4v) is 4.48. The topological polar surface area (TPSA) is 63.7 Å². The Morgan fingerprint density at radius 2 is 2.03 bits per heavy atom.